The molecule has 0 bridgehead atoms. The minimum Gasteiger partial charge on any atom is -0.493 e. The molecule has 0 heterocycles. The number of aliphatic hydroxyl groups excluding tert-OH is 1. The monoisotopic (exact) mass is 430 g/mol. The average molecular weight is 431 g/mol. The van der Waals surface area contributed by atoms with Crippen molar-refractivity contribution in [3.8, 4) is 5.75 Å². The minimum atomic E-state index is -0.350. The number of hydrogen-bond acceptors (Lipinski definition) is 2. The van der Waals surface area contributed by atoms with Crippen LogP contribution in [-0.2, 0) is 32.7 Å². The summed E-state index contributed by atoms with van der Waals surface area (Å²) >= 11 is 11.9. The number of unbranched alkanes of at least 4 members (excludes halogenated alkanes) is 3. The maximum absolute atomic E-state index is 10.2. The van der Waals surface area contributed by atoms with Crippen molar-refractivity contribution in [2.24, 2.45) is 5.92 Å². The van der Waals surface area contributed by atoms with E-state index in [1.807, 2.05) is 0 Å². The number of aliphatic hydroxyl groups is 1. The molecule has 23 heavy (non-hydrogen) atoms. The summed E-state index contributed by atoms with van der Waals surface area (Å²) in [6.45, 7) is 4.32. The molecule has 0 unspecified atom stereocenters. The van der Waals surface area contributed by atoms with Gasteiger partial charge >= 0.3 is 0 Å². The van der Waals surface area contributed by atoms with Crippen LogP contribution in [0.2, 0.25) is 10.0 Å². The van der Waals surface area contributed by atoms with Gasteiger partial charge in [-0.3, -0.25) is 0 Å². The Labute approximate surface area is 174 Å². The van der Waals surface area contributed by atoms with E-state index in [9.17, 15) is 5.11 Å². The van der Waals surface area contributed by atoms with Crippen molar-refractivity contribution in [2.45, 2.75) is 44.6 Å². The van der Waals surface area contributed by atoms with Gasteiger partial charge in [-0.15, -0.1) is 0 Å². The summed E-state index contributed by atoms with van der Waals surface area (Å²) in [5, 5.41) is 11.3. The molecule has 1 N–H and O–H groups in total. The van der Waals surface area contributed by atoms with Crippen LogP contribution >= 0.6 is 23.2 Å². The van der Waals surface area contributed by atoms with Gasteiger partial charge in [-0.05, 0) is 37.5 Å². The van der Waals surface area contributed by atoms with E-state index < -0.39 is 0 Å². The summed E-state index contributed by atoms with van der Waals surface area (Å²) in [4.78, 5) is 0. The molecule has 0 amide bonds. The van der Waals surface area contributed by atoms with Crippen molar-refractivity contribution in [1.82, 2.24) is 0 Å². The predicted molar refractivity (Wildman–Crippen MR) is 92.6 cm³/mol. The SMILES string of the molecule is [CH2-]CCCCCC1=CC[C@@H](O)[C@@H]1COc1cc(Cl)cc(Cl)c1.[Y]. The number of benzene rings is 1. The van der Waals surface area contributed by atoms with Crippen LogP contribution in [0.25, 0.3) is 0 Å². The average Bonchev–Trinajstić information content (AvgIpc) is 2.81. The molecule has 1 aromatic carbocycles. The summed E-state index contributed by atoms with van der Waals surface area (Å²) in [7, 11) is 0. The van der Waals surface area contributed by atoms with Gasteiger partial charge in [0.2, 0.25) is 0 Å². The molecule has 1 aliphatic carbocycles. The van der Waals surface area contributed by atoms with Crippen molar-refractivity contribution >= 4 is 23.2 Å². The Kier molecular flexibility index (Phi) is 10.4. The molecule has 0 fully saturated rings. The molecule has 125 valence electrons. The Balaban J connectivity index is 0.00000264. The summed E-state index contributed by atoms with van der Waals surface area (Å²) in [6.07, 6.45) is 8.05. The zero-order valence-corrected chi connectivity index (χ0v) is 17.7. The van der Waals surface area contributed by atoms with Crippen LogP contribution in [0.3, 0.4) is 0 Å². The second-order valence-corrected chi connectivity index (χ2v) is 6.64. The molecule has 5 heteroatoms. The Morgan fingerprint density at radius 1 is 1.13 bits per heavy atom. The molecule has 0 aliphatic heterocycles. The molecule has 1 radical (unpaired) electrons. The van der Waals surface area contributed by atoms with Crippen LogP contribution in [0.5, 0.6) is 5.75 Å². The van der Waals surface area contributed by atoms with Crippen molar-refractivity contribution in [3.05, 3.63) is 46.8 Å². The van der Waals surface area contributed by atoms with Crippen LogP contribution in [-0.4, -0.2) is 17.8 Å². The Morgan fingerprint density at radius 3 is 2.48 bits per heavy atom. The molecule has 0 saturated carbocycles. The van der Waals surface area contributed by atoms with E-state index in [1.165, 1.54) is 12.0 Å². The molecule has 0 saturated heterocycles. The van der Waals surface area contributed by atoms with E-state index in [-0.39, 0.29) is 44.7 Å². The Hall–Kier alpha value is 0.404. The third-order valence-corrected chi connectivity index (χ3v) is 4.48. The standard InChI is InChI=1S/C18H23Cl2O2.Y/c1-2-3-4-5-6-13-7-8-18(21)17(13)12-22-16-10-14(19)9-15(20)11-16;/h7,9-11,17-18,21H,1-6,8,12H2;/q-1;/t17-,18-;/m1./s1. The fourth-order valence-electron chi connectivity index (χ4n) is 2.82. The second kappa shape index (κ2) is 11.1. The third-order valence-electron chi connectivity index (χ3n) is 4.04. The number of ether oxygens (including phenoxy) is 1. The van der Waals surface area contributed by atoms with Gasteiger partial charge in [0.25, 0.3) is 0 Å². The largest absolute Gasteiger partial charge is 0.493 e. The first-order valence-corrected chi connectivity index (χ1v) is 8.61. The van der Waals surface area contributed by atoms with Gasteiger partial charge in [-0.1, -0.05) is 47.7 Å². The zero-order valence-electron chi connectivity index (χ0n) is 13.3. The van der Waals surface area contributed by atoms with E-state index in [2.05, 4.69) is 13.0 Å². The topological polar surface area (TPSA) is 29.5 Å². The Morgan fingerprint density at radius 2 is 1.83 bits per heavy atom. The quantitative estimate of drug-likeness (QED) is 0.337. The number of halogens is 2. The first kappa shape index (κ1) is 21.4. The Bertz CT molecular complexity index is 499. The van der Waals surface area contributed by atoms with Gasteiger partial charge in [0.15, 0.2) is 0 Å². The fraction of sp³-hybridized carbons (Fsp3) is 0.500. The predicted octanol–water partition coefficient (Wildman–Crippen LogP) is 5.46. The normalized spacial score (nSPS) is 20.1. The van der Waals surface area contributed by atoms with Crippen LogP contribution in [0.15, 0.2) is 29.8 Å². The van der Waals surface area contributed by atoms with Crippen molar-refractivity contribution in [1.29, 1.82) is 0 Å². The van der Waals surface area contributed by atoms with E-state index in [4.69, 9.17) is 27.9 Å². The van der Waals surface area contributed by atoms with Crippen LogP contribution in [0.1, 0.15) is 38.5 Å². The third kappa shape index (κ3) is 7.04. The molecule has 2 rings (SSSR count). The minimum absolute atomic E-state index is 0. The van der Waals surface area contributed by atoms with Gasteiger partial charge in [-0.25, -0.2) is 0 Å². The summed E-state index contributed by atoms with van der Waals surface area (Å²) in [5.74, 6) is 0.713. The molecular weight excluding hydrogens is 408 g/mol. The molecule has 0 aromatic heterocycles. The van der Waals surface area contributed by atoms with E-state index in [0.29, 0.717) is 22.4 Å². The first-order valence-electron chi connectivity index (χ1n) is 7.85. The second-order valence-electron chi connectivity index (χ2n) is 5.77. The first-order chi connectivity index (χ1) is 10.6. The summed E-state index contributed by atoms with van der Waals surface area (Å²) in [5.41, 5.74) is 1.31. The summed E-state index contributed by atoms with van der Waals surface area (Å²) in [6, 6.07) is 5.16. The number of hydrogen-bond donors (Lipinski definition) is 1. The van der Waals surface area contributed by atoms with Gasteiger partial charge in [-0.2, -0.15) is 6.42 Å². The van der Waals surface area contributed by atoms with E-state index in [0.717, 1.165) is 32.1 Å². The van der Waals surface area contributed by atoms with Crippen LogP contribution in [0, 0.1) is 12.8 Å². The zero-order chi connectivity index (χ0) is 15.9. The van der Waals surface area contributed by atoms with Gasteiger partial charge in [0, 0.05) is 48.7 Å². The van der Waals surface area contributed by atoms with Gasteiger partial charge in [0.05, 0.1) is 12.7 Å². The number of rotatable bonds is 8. The maximum Gasteiger partial charge on any atom is 0.122 e. The molecular formula is C18H23Cl2O2Y-. The molecule has 1 aliphatic rings. The molecule has 2 atom stereocenters. The van der Waals surface area contributed by atoms with Crippen LogP contribution < -0.4 is 4.74 Å². The van der Waals surface area contributed by atoms with Gasteiger partial charge < -0.3 is 16.8 Å². The van der Waals surface area contributed by atoms with Crippen molar-refractivity contribution < 1.29 is 42.6 Å². The molecule has 2 nitrogen and oxygen atoms in total. The van der Waals surface area contributed by atoms with Crippen molar-refractivity contribution in [3.63, 3.8) is 0 Å². The smallest absolute Gasteiger partial charge is 0.122 e. The van der Waals surface area contributed by atoms with E-state index in [1.54, 1.807) is 18.2 Å². The molecule has 0 spiro atoms. The maximum atomic E-state index is 10.2. The van der Waals surface area contributed by atoms with Gasteiger partial charge in [0.1, 0.15) is 5.75 Å². The van der Waals surface area contributed by atoms with E-state index >= 15 is 0 Å². The van der Waals surface area contributed by atoms with Crippen molar-refractivity contribution in [2.75, 3.05) is 6.61 Å². The molecule has 1 aromatic rings. The summed E-state index contributed by atoms with van der Waals surface area (Å²) < 4.78 is 5.80. The van der Waals surface area contributed by atoms with Crippen LogP contribution in [0.4, 0.5) is 0 Å². The fourth-order valence-corrected chi connectivity index (χ4v) is 3.33.